The Morgan fingerprint density at radius 3 is 2.52 bits per heavy atom. The summed E-state index contributed by atoms with van der Waals surface area (Å²) in [7, 11) is 1.89. The minimum Gasteiger partial charge on any atom is -0.325 e. The molecule has 6 heteroatoms. The van der Waals surface area contributed by atoms with Gasteiger partial charge in [0.1, 0.15) is 0 Å². The van der Waals surface area contributed by atoms with Crippen LogP contribution in [0.5, 0.6) is 0 Å². The first kappa shape index (κ1) is 17.5. The van der Waals surface area contributed by atoms with Crippen molar-refractivity contribution < 1.29 is 18.0 Å². The summed E-state index contributed by atoms with van der Waals surface area (Å²) < 4.78 is 37.7. The second kappa shape index (κ2) is 6.88. The minimum atomic E-state index is -4.38. The van der Waals surface area contributed by atoms with Crippen molar-refractivity contribution >= 4 is 11.6 Å². The highest BCUT2D eigenvalue weighted by molar-refractivity contribution is 5.92. The quantitative estimate of drug-likeness (QED) is 0.895. The molecule has 1 N–H and O–H groups in total. The van der Waals surface area contributed by atoms with Gasteiger partial charge in [-0.15, -0.1) is 0 Å². The summed E-state index contributed by atoms with van der Waals surface area (Å²) in [4.78, 5) is 14.2. The van der Waals surface area contributed by atoms with Crippen molar-refractivity contribution in [3.05, 3.63) is 65.2 Å². The molecule has 2 aromatic carbocycles. The van der Waals surface area contributed by atoms with Crippen LogP contribution in [-0.4, -0.2) is 24.4 Å². The normalized spacial score (nSPS) is 16.8. The smallest absolute Gasteiger partial charge is 0.325 e. The maximum absolute atomic E-state index is 12.6. The van der Waals surface area contributed by atoms with Crippen molar-refractivity contribution in [2.24, 2.45) is 0 Å². The summed E-state index contributed by atoms with van der Waals surface area (Å²) in [5, 5.41) is 2.65. The van der Waals surface area contributed by atoms with E-state index in [0.717, 1.165) is 25.0 Å². The molecule has 0 fully saturated rings. The Balaban J connectivity index is 1.59. The highest BCUT2D eigenvalue weighted by Crippen LogP contribution is 2.34. The fraction of sp³-hybridized carbons (Fsp3) is 0.316. The number of alkyl halides is 3. The van der Waals surface area contributed by atoms with E-state index in [-0.39, 0.29) is 18.5 Å². The van der Waals surface area contributed by atoms with E-state index >= 15 is 0 Å². The number of halogens is 3. The molecule has 1 aliphatic carbocycles. The summed E-state index contributed by atoms with van der Waals surface area (Å²) >= 11 is 0. The summed E-state index contributed by atoms with van der Waals surface area (Å²) in [6, 6.07) is 12.8. The zero-order chi connectivity index (χ0) is 18.0. The van der Waals surface area contributed by atoms with Crippen LogP contribution in [0.3, 0.4) is 0 Å². The van der Waals surface area contributed by atoms with E-state index in [0.29, 0.717) is 5.69 Å². The van der Waals surface area contributed by atoms with Crippen LogP contribution in [0, 0.1) is 0 Å². The van der Waals surface area contributed by atoms with E-state index in [1.165, 1.54) is 23.3 Å². The van der Waals surface area contributed by atoms with Crippen LogP contribution in [-0.2, 0) is 17.4 Å². The molecule has 0 heterocycles. The van der Waals surface area contributed by atoms with Crippen LogP contribution in [0.25, 0.3) is 0 Å². The van der Waals surface area contributed by atoms with Gasteiger partial charge in [-0.1, -0.05) is 24.3 Å². The molecular formula is C19H19F3N2O. The Hall–Kier alpha value is -2.34. The molecule has 2 aromatic rings. The highest BCUT2D eigenvalue weighted by Gasteiger charge is 2.30. The minimum absolute atomic E-state index is 0.181. The Morgan fingerprint density at radius 1 is 1.16 bits per heavy atom. The molecule has 0 aliphatic heterocycles. The Labute approximate surface area is 144 Å². The molecule has 1 atom stereocenters. The average Bonchev–Trinajstić information content (AvgIpc) is 2.98. The van der Waals surface area contributed by atoms with Gasteiger partial charge in [0, 0.05) is 11.7 Å². The number of anilines is 1. The number of nitrogens with zero attached hydrogens (tertiary/aromatic N) is 1. The second-order valence-electron chi connectivity index (χ2n) is 6.29. The standard InChI is InChI=1S/C19H19F3N2O/c1-24(17-11-6-13-4-2-3-5-16(13)17)12-18(25)23-15-9-7-14(8-10-15)19(20,21)22/h2-5,7-10,17H,6,11-12H2,1H3,(H,23,25). The predicted molar refractivity (Wildman–Crippen MR) is 90.2 cm³/mol. The molecule has 3 nitrogen and oxygen atoms in total. The van der Waals surface area contributed by atoms with Crippen molar-refractivity contribution in [2.45, 2.75) is 25.1 Å². The SMILES string of the molecule is CN(CC(=O)Nc1ccc(C(F)(F)F)cc1)C1CCc2ccccc21. The molecule has 1 amide bonds. The topological polar surface area (TPSA) is 32.3 Å². The van der Waals surface area contributed by atoms with Crippen molar-refractivity contribution in [1.82, 2.24) is 4.90 Å². The van der Waals surface area contributed by atoms with E-state index in [1.54, 1.807) is 0 Å². The van der Waals surface area contributed by atoms with E-state index in [2.05, 4.69) is 17.4 Å². The average molecular weight is 348 g/mol. The summed E-state index contributed by atoms with van der Waals surface area (Å²) in [6.45, 7) is 0.181. The Bertz CT molecular complexity index is 756. The van der Waals surface area contributed by atoms with Crippen molar-refractivity contribution in [2.75, 3.05) is 18.9 Å². The molecule has 132 valence electrons. The van der Waals surface area contributed by atoms with Gasteiger partial charge in [0.25, 0.3) is 0 Å². The largest absolute Gasteiger partial charge is 0.416 e. The number of hydrogen-bond acceptors (Lipinski definition) is 2. The van der Waals surface area contributed by atoms with Gasteiger partial charge in [0.05, 0.1) is 12.1 Å². The lowest BCUT2D eigenvalue weighted by atomic mass is 10.1. The number of benzene rings is 2. The Morgan fingerprint density at radius 2 is 1.84 bits per heavy atom. The monoisotopic (exact) mass is 348 g/mol. The van der Waals surface area contributed by atoms with Crippen LogP contribution in [0.2, 0.25) is 0 Å². The maximum Gasteiger partial charge on any atom is 0.416 e. The fourth-order valence-corrected chi connectivity index (χ4v) is 3.27. The molecule has 0 saturated heterocycles. The van der Waals surface area contributed by atoms with Gasteiger partial charge in [0.15, 0.2) is 0 Å². The number of carbonyl (C=O) groups excluding carboxylic acids is 1. The molecule has 3 rings (SSSR count). The fourth-order valence-electron chi connectivity index (χ4n) is 3.27. The third-order valence-electron chi connectivity index (χ3n) is 4.52. The van der Waals surface area contributed by atoms with Gasteiger partial charge in [-0.2, -0.15) is 13.2 Å². The lowest BCUT2D eigenvalue weighted by Crippen LogP contribution is -2.32. The third-order valence-corrected chi connectivity index (χ3v) is 4.52. The van der Waals surface area contributed by atoms with Crippen molar-refractivity contribution in [3.63, 3.8) is 0 Å². The molecule has 25 heavy (non-hydrogen) atoms. The first-order valence-corrected chi connectivity index (χ1v) is 8.10. The second-order valence-corrected chi connectivity index (χ2v) is 6.29. The summed E-state index contributed by atoms with van der Waals surface area (Å²) in [6.07, 6.45) is -2.42. The predicted octanol–water partition coefficient (Wildman–Crippen LogP) is 4.26. The van der Waals surface area contributed by atoms with E-state index in [4.69, 9.17) is 0 Å². The number of hydrogen-bond donors (Lipinski definition) is 1. The lowest BCUT2D eigenvalue weighted by Gasteiger charge is -2.24. The van der Waals surface area contributed by atoms with E-state index in [1.807, 2.05) is 24.1 Å². The van der Waals surface area contributed by atoms with Gasteiger partial charge in [0.2, 0.25) is 5.91 Å². The molecule has 1 aliphatic rings. The zero-order valence-electron chi connectivity index (χ0n) is 13.8. The van der Waals surface area contributed by atoms with Gasteiger partial charge in [-0.05, 0) is 55.3 Å². The van der Waals surface area contributed by atoms with Crippen LogP contribution >= 0.6 is 0 Å². The van der Waals surface area contributed by atoms with E-state index < -0.39 is 11.7 Å². The van der Waals surface area contributed by atoms with Crippen LogP contribution in [0.15, 0.2) is 48.5 Å². The first-order valence-electron chi connectivity index (χ1n) is 8.10. The number of amides is 1. The maximum atomic E-state index is 12.6. The number of rotatable bonds is 4. The van der Waals surface area contributed by atoms with Gasteiger partial charge in [-0.3, -0.25) is 9.69 Å². The highest BCUT2D eigenvalue weighted by atomic mass is 19.4. The number of nitrogens with one attached hydrogen (secondary N) is 1. The van der Waals surface area contributed by atoms with Gasteiger partial charge >= 0.3 is 6.18 Å². The summed E-state index contributed by atoms with van der Waals surface area (Å²) in [5.41, 5.74) is 2.18. The molecular weight excluding hydrogens is 329 g/mol. The molecule has 0 bridgehead atoms. The van der Waals surface area contributed by atoms with Crippen molar-refractivity contribution in [1.29, 1.82) is 0 Å². The molecule has 0 radical (unpaired) electrons. The van der Waals surface area contributed by atoms with Gasteiger partial charge in [-0.25, -0.2) is 0 Å². The molecule has 0 aromatic heterocycles. The van der Waals surface area contributed by atoms with E-state index in [9.17, 15) is 18.0 Å². The van der Waals surface area contributed by atoms with Gasteiger partial charge < -0.3 is 5.32 Å². The Kier molecular flexibility index (Phi) is 4.81. The number of aryl methyl sites for hydroxylation is 1. The zero-order valence-corrected chi connectivity index (χ0v) is 13.8. The first-order chi connectivity index (χ1) is 11.8. The molecule has 1 unspecified atom stereocenters. The number of carbonyl (C=O) groups is 1. The number of fused-ring (bicyclic) bond motifs is 1. The van der Waals surface area contributed by atoms with Crippen LogP contribution < -0.4 is 5.32 Å². The van der Waals surface area contributed by atoms with Crippen LogP contribution in [0.1, 0.15) is 29.2 Å². The molecule has 0 spiro atoms. The summed E-state index contributed by atoms with van der Waals surface area (Å²) in [5.74, 6) is -0.244. The van der Waals surface area contributed by atoms with Crippen molar-refractivity contribution in [3.8, 4) is 0 Å². The number of likely N-dealkylation sites (N-methyl/N-ethyl adjacent to an activating group) is 1. The van der Waals surface area contributed by atoms with Crippen LogP contribution in [0.4, 0.5) is 18.9 Å². The lowest BCUT2D eigenvalue weighted by molar-refractivity contribution is -0.137. The third kappa shape index (κ3) is 4.02. The molecule has 0 saturated carbocycles.